The van der Waals surface area contributed by atoms with E-state index in [0.717, 1.165) is 17.8 Å². The Morgan fingerprint density at radius 2 is 1.89 bits per heavy atom. The van der Waals surface area contributed by atoms with Crippen molar-refractivity contribution in [2.45, 2.75) is 52.5 Å². The summed E-state index contributed by atoms with van der Waals surface area (Å²) in [6.07, 6.45) is 0.894. The van der Waals surface area contributed by atoms with Crippen molar-refractivity contribution in [2.24, 2.45) is 5.73 Å². The lowest BCUT2D eigenvalue weighted by Crippen LogP contribution is -2.10. The SMILES string of the molecule is CCC(N)c1cc2cc(C(C)(C)C)cc(C)c2o1. The normalized spacial score (nSPS) is 14.1. The van der Waals surface area contributed by atoms with Gasteiger partial charge in [0.1, 0.15) is 11.3 Å². The highest BCUT2D eigenvalue weighted by Gasteiger charge is 2.18. The van der Waals surface area contributed by atoms with E-state index >= 15 is 0 Å². The fourth-order valence-corrected chi connectivity index (χ4v) is 2.17. The molecule has 1 unspecified atom stereocenters. The summed E-state index contributed by atoms with van der Waals surface area (Å²) < 4.78 is 5.89. The standard InChI is InChI=1S/C16H23NO/c1-6-13(17)14-9-11-8-12(16(3,4)5)7-10(2)15(11)18-14/h7-9,13H,6,17H2,1-5H3. The van der Waals surface area contributed by atoms with Gasteiger partial charge in [-0.3, -0.25) is 0 Å². The van der Waals surface area contributed by atoms with Gasteiger partial charge in [0.15, 0.2) is 0 Å². The number of benzene rings is 1. The van der Waals surface area contributed by atoms with Gasteiger partial charge in [-0.2, -0.15) is 0 Å². The molecule has 0 aliphatic carbocycles. The van der Waals surface area contributed by atoms with Gasteiger partial charge in [0.2, 0.25) is 0 Å². The Morgan fingerprint density at radius 1 is 1.22 bits per heavy atom. The van der Waals surface area contributed by atoms with E-state index in [1.165, 1.54) is 16.5 Å². The molecule has 18 heavy (non-hydrogen) atoms. The molecule has 2 aromatic rings. The van der Waals surface area contributed by atoms with E-state index in [2.05, 4.69) is 52.8 Å². The zero-order chi connectivity index (χ0) is 13.5. The van der Waals surface area contributed by atoms with Crippen LogP contribution in [0.25, 0.3) is 11.0 Å². The van der Waals surface area contributed by atoms with E-state index in [1.54, 1.807) is 0 Å². The van der Waals surface area contributed by atoms with E-state index in [-0.39, 0.29) is 11.5 Å². The minimum absolute atomic E-state index is 0.00473. The summed E-state index contributed by atoms with van der Waals surface area (Å²) in [6, 6.07) is 6.52. The van der Waals surface area contributed by atoms with Gasteiger partial charge in [-0.15, -0.1) is 0 Å². The second-order valence-electron chi connectivity index (χ2n) is 6.13. The number of nitrogens with two attached hydrogens (primary N) is 1. The molecule has 2 heteroatoms. The minimum atomic E-state index is -0.00473. The Morgan fingerprint density at radius 3 is 2.44 bits per heavy atom. The molecule has 1 atom stereocenters. The van der Waals surface area contributed by atoms with Crippen LogP contribution in [0.5, 0.6) is 0 Å². The minimum Gasteiger partial charge on any atom is -0.459 e. The fraction of sp³-hybridized carbons (Fsp3) is 0.500. The maximum atomic E-state index is 6.04. The van der Waals surface area contributed by atoms with E-state index in [9.17, 15) is 0 Å². The molecule has 0 fully saturated rings. The van der Waals surface area contributed by atoms with Gasteiger partial charge in [-0.1, -0.05) is 33.8 Å². The molecule has 2 rings (SSSR count). The number of furan rings is 1. The van der Waals surface area contributed by atoms with Gasteiger partial charge in [-0.05, 0) is 42.0 Å². The first-order valence-corrected chi connectivity index (χ1v) is 6.63. The quantitative estimate of drug-likeness (QED) is 0.849. The summed E-state index contributed by atoms with van der Waals surface area (Å²) in [5.74, 6) is 0.890. The highest BCUT2D eigenvalue weighted by atomic mass is 16.3. The van der Waals surface area contributed by atoms with Crippen LogP contribution in [0.4, 0.5) is 0 Å². The Kier molecular flexibility index (Phi) is 3.24. The first-order valence-electron chi connectivity index (χ1n) is 6.63. The maximum absolute atomic E-state index is 6.04. The van der Waals surface area contributed by atoms with Gasteiger partial charge in [0, 0.05) is 5.39 Å². The highest BCUT2D eigenvalue weighted by Crippen LogP contribution is 2.32. The molecule has 0 spiro atoms. The lowest BCUT2D eigenvalue weighted by Gasteiger charge is -2.19. The van der Waals surface area contributed by atoms with Crippen LogP contribution in [0.15, 0.2) is 22.6 Å². The predicted octanol–water partition coefficient (Wildman–Crippen LogP) is 4.45. The van der Waals surface area contributed by atoms with Crippen LogP contribution in [-0.4, -0.2) is 0 Å². The van der Waals surface area contributed by atoms with E-state index in [0.29, 0.717) is 0 Å². The van der Waals surface area contributed by atoms with Crippen molar-refractivity contribution in [3.63, 3.8) is 0 Å². The van der Waals surface area contributed by atoms with Crippen LogP contribution in [0.1, 0.15) is 57.0 Å². The van der Waals surface area contributed by atoms with Crippen molar-refractivity contribution in [1.82, 2.24) is 0 Å². The molecule has 0 bridgehead atoms. The van der Waals surface area contributed by atoms with E-state index in [1.807, 2.05) is 0 Å². The molecule has 2 nitrogen and oxygen atoms in total. The van der Waals surface area contributed by atoms with Crippen molar-refractivity contribution in [1.29, 1.82) is 0 Å². The van der Waals surface area contributed by atoms with E-state index < -0.39 is 0 Å². The third-order valence-corrected chi connectivity index (χ3v) is 3.49. The van der Waals surface area contributed by atoms with Gasteiger partial charge in [0.05, 0.1) is 6.04 Å². The number of rotatable bonds is 2. The van der Waals surface area contributed by atoms with Gasteiger partial charge >= 0.3 is 0 Å². The molecule has 0 amide bonds. The maximum Gasteiger partial charge on any atom is 0.137 e. The Bertz CT molecular complexity index is 560. The smallest absolute Gasteiger partial charge is 0.137 e. The third-order valence-electron chi connectivity index (χ3n) is 3.49. The molecule has 1 heterocycles. The zero-order valence-corrected chi connectivity index (χ0v) is 12.0. The lowest BCUT2D eigenvalue weighted by atomic mass is 9.85. The molecule has 0 aliphatic heterocycles. The Hall–Kier alpha value is -1.28. The number of fused-ring (bicyclic) bond motifs is 1. The average molecular weight is 245 g/mol. The van der Waals surface area contributed by atoms with Crippen LogP contribution in [0, 0.1) is 6.92 Å². The van der Waals surface area contributed by atoms with Gasteiger partial charge < -0.3 is 10.2 Å². The van der Waals surface area contributed by atoms with Crippen molar-refractivity contribution in [3.05, 3.63) is 35.1 Å². The molecule has 0 aliphatic rings. The number of aryl methyl sites for hydroxylation is 1. The molecule has 98 valence electrons. The lowest BCUT2D eigenvalue weighted by molar-refractivity contribution is 0.487. The number of hydrogen-bond donors (Lipinski definition) is 1. The topological polar surface area (TPSA) is 39.2 Å². The summed E-state index contributed by atoms with van der Waals surface area (Å²) in [6.45, 7) is 10.9. The average Bonchev–Trinajstić information content (AvgIpc) is 2.71. The van der Waals surface area contributed by atoms with Gasteiger partial charge in [-0.25, -0.2) is 0 Å². The monoisotopic (exact) mass is 245 g/mol. The third kappa shape index (κ3) is 2.30. The highest BCUT2D eigenvalue weighted by molar-refractivity contribution is 5.82. The molecule has 1 aromatic heterocycles. The van der Waals surface area contributed by atoms with Crippen molar-refractivity contribution in [3.8, 4) is 0 Å². The summed E-state index contributed by atoms with van der Waals surface area (Å²) >= 11 is 0. The zero-order valence-electron chi connectivity index (χ0n) is 12.0. The van der Waals surface area contributed by atoms with Crippen molar-refractivity contribution < 1.29 is 4.42 Å². The summed E-state index contributed by atoms with van der Waals surface area (Å²) in [5.41, 5.74) is 9.69. The predicted molar refractivity (Wildman–Crippen MR) is 76.9 cm³/mol. The summed E-state index contributed by atoms with van der Waals surface area (Å²) in [4.78, 5) is 0. The Balaban J connectivity index is 2.59. The molecular weight excluding hydrogens is 222 g/mol. The van der Waals surface area contributed by atoms with Crippen LogP contribution in [-0.2, 0) is 5.41 Å². The van der Waals surface area contributed by atoms with Crippen LogP contribution in [0.3, 0.4) is 0 Å². The number of hydrogen-bond acceptors (Lipinski definition) is 2. The molecular formula is C16H23NO. The molecule has 0 radical (unpaired) electrons. The second kappa shape index (κ2) is 4.43. The van der Waals surface area contributed by atoms with Crippen molar-refractivity contribution in [2.75, 3.05) is 0 Å². The summed E-state index contributed by atoms with van der Waals surface area (Å²) in [5, 5.41) is 1.17. The summed E-state index contributed by atoms with van der Waals surface area (Å²) in [7, 11) is 0. The van der Waals surface area contributed by atoms with Crippen LogP contribution in [0.2, 0.25) is 0 Å². The van der Waals surface area contributed by atoms with Crippen LogP contribution < -0.4 is 5.73 Å². The van der Waals surface area contributed by atoms with Crippen molar-refractivity contribution >= 4 is 11.0 Å². The second-order valence-corrected chi connectivity index (χ2v) is 6.13. The first kappa shape index (κ1) is 13.2. The van der Waals surface area contributed by atoms with Crippen LogP contribution >= 0.6 is 0 Å². The first-order chi connectivity index (χ1) is 8.32. The fourth-order valence-electron chi connectivity index (χ4n) is 2.17. The largest absolute Gasteiger partial charge is 0.459 e. The van der Waals surface area contributed by atoms with E-state index in [4.69, 9.17) is 10.2 Å². The van der Waals surface area contributed by atoms with Gasteiger partial charge in [0.25, 0.3) is 0 Å². The molecule has 0 saturated carbocycles. The molecule has 1 aromatic carbocycles. The molecule has 2 N–H and O–H groups in total. The molecule has 0 saturated heterocycles. The Labute approximate surface area is 109 Å².